The molecule has 0 heterocycles. The SMILES string of the molecule is C=Cc1ccccc1CSc1ccccc1C(=O)O. The third-order valence-electron chi connectivity index (χ3n) is 2.78. The molecule has 0 aromatic heterocycles. The largest absolute Gasteiger partial charge is 0.478 e. The molecular weight excluding hydrogens is 256 g/mol. The van der Waals surface area contributed by atoms with Crippen LogP contribution in [0.15, 0.2) is 60.0 Å². The first-order chi connectivity index (χ1) is 9.22. The number of hydrogen-bond donors (Lipinski definition) is 1. The number of hydrogen-bond acceptors (Lipinski definition) is 2. The lowest BCUT2D eigenvalue weighted by atomic mass is 10.1. The van der Waals surface area contributed by atoms with Crippen molar-refractivity contribution in [1.82, 2.24) is 0 Å². The minimum atomic E-state index is -0.889. The highest BCUT2D eigenvalue weighted by Gasteiger charge is 2.09. The van der Waals surface area contributed by atoms with Gasteiger partial charge < -0.3 is 5.11 Å². The van der Waals surface area contributed by atoms with Crippen LogP contribution >= 0.6 is 11.8 Å². The summed E-state index contributed by atoms with van der Waals surface area (Å²) in [4.78, 5) is 11.9. The fourth-order valence-corrected chi connectivity index (χ4v) is 2.85. The number of rotatable bonds is 5. The summed E-state index contributed by atoms with van der Waals surface area (Å²) >= 11 is 1.53. The number of carboxylic acids is 1. The summed E-state index contributed by atoms with van der Waals surface area (Å²) in [6, 6.07) is 15.1. The number of benzene rings is 2. The molecule has 0 atom stereocenters. The van der Waals surface area contributed by atoms with Gasteiger partial charge in [0.1, 0.15) is 0 Å². The summed E-state index contributed by atoms with van der Waals surface area (Å²) in [5.74, 6) is -0.160. The van der Waals surface area contributed by atoms with Gasteiger partial charge in [0, 0.05) is 10.6 Å². The number of carbonyl (C=O) groups is 1. The second kappa shape index (κ2) is 6.25. The van der Waals surface area contributed by atoms with Gasteiger partial charge in [0.25, 0.3) is 0 Å². The van der Waals surface area contributed by atoms with Crippen LogP contribution in [0.3, 0.4) is 0 Å². The Morgan fingerprint density at radius 2 is 1.84 bits per heavy atom. The average molecular weight is 270 g/mol. The van der Waals surface area contributed by atoms with Crippen molar-refractivity contribution in [3.05, 3.63) is 71.8 Å². The Balaban J connectivity index is 2.19. The molecule has 0 aliphatic carbocycles. The van der Waals surface area contributed by atoms with E-state index in [1.54, 1.807) is 12.1 Å². The van der Waals surface area contributed by atoms with Crippen molar-refractivity contribution in [2.24, 2.45) is 0 Å². The smallest absolute Gasteiger partial charge is 0.336 e. The maximum absolute atomic E-state index is 11.1. The zero-order valence-corrected chi connectivity index (χ0v) is 11.2. The van der Waals surface area contributed by atoms with Gasteiger partial charge >= 0.3 is 5.97 Å². The van der Waals surface area contributed by atoms with Gasteiger partial charge in [0.2, 0.25) is 0 Å². The Hall–Kier alpha value is -2.00. The maximum Gasteiger partial charge on any atom is 0.336 e. The van der Waals surface area contributed by atoms with Crippen LogP contribution in [0.25, 0.3) is 6.08 Å². The van der Waals surface area contributed by atoms with Crippen molar-refractivity contribution in [3.63, 3.8) is 0 Å². The van der Waals surface area contributed by atoms with Gasteiger partial charge in [0.15, 0.2) is 0 Å². The van der Waals surface area contributed by atoms with Gasteiger partial charge in [-0.2, -0.15) is 0 Å². The maximum atomic E-state index is 11.1. The number of carboxylic acid groups (broad SMARTS) is 1. The van der Waals surface area contributed by atoms with E-state index in [-0.39, 0.29) is 0 Å². The molecule has 0 saturated heterocycles. The molecule has 96 valence electrons. The fraction of sp³-hybridized carbons (Fsp3) is 0.0625. The molecule has 1 N–H and O–H groups in total. The highest BCUT2D eigenvalue weighted by molar-refractivity contribution is 7.98. The molecule has 2 aromatic carbocycles. The predicted molar refractivity (Wildman–Crippen MR) is 79.5 cm³/mol. The monoisotopic (exact) mass is 270 g/mol. The zero-order chi connectivity index (χ0) is 13.7. The zero-order valence-electron chi connectivity index (χ0n) is 10.4. The van der Waals surface area contributed by atoms with Crippen molar-refractivity contribution >= 4 is 23.8 Å². The molecular formula is C16H14O2S. The van der Waals surface area contributed by atoms with Gasteiger partial charge in [-0.05, 0) is 23.3 Å². The summed E-state index contributed by atoms with van der Waals surface area (Å²) in [6.07, 6.45) is 1.82. The minimum absolute atomic E-state index is 0.351. The van der Waals surface area contributed by atoms with Crippen LogP contribution in [-0.4, -0.2) is 11.1 Å². The van der Waals surface area contributed by atoms with Crippen molar-refractivity contribution in [1.29, 1.82) is 0 Å². The first-order valence-electron chi connectivity index (χ1n) is 5.88. The van der Waals surface area contributed by atoms with Crippen molar-refractivity contribution < 1.29 is 9.90 Å². The predicted octanol–water partition coefficient (Wildman–Crippen LogP) is 4.32. The molecule has 0 amide bonds. The van der Waals surface area contributed by atoms with E-state index in [0.29, 0.717) is 5.56 Å². The summed E-state index contributed by atoms with van der Waals surface area (Å²) in [7, 11) is 0. The van der Waals surface area contributed by atoms with Crippen LogP contribution in [-0.2, 0) is 5.75 Å². The Morgan fingerprint density at radius 1 is 1.16 bits per heavy atom. The van der Waals surface area contributed by atoms with E-state index in [4.69, 9.17) is 5.11 Å². The quantitative estimate of drug-likeness (QED) is 0.822. The van der Waals surface area contributed by atoms with Crippen LogP contribution in [0.5, 0.6) is 0 Å². The van der Waals surface area contributed by atoms with E-state index in [2.05, 4.69) is 6.58 Å². The Kier molecular flexibility index (Phi) is 4.42. The molecule has 0 radical (unpaired) electrons. The first kappa shape index (κ1) is 13.4. The molecule has 0 saturated carbocycles. The molecule has 0 spiro atoms. The molecule has 0 aliphatic heterocycles. The van der Waals surface area contributed by atoms with Crippen molar-refractivity contribution in [2.45, 2.75) is 10.6 Å². The number of aromatic carboxylic acids is 1. The Morgan fingerprint density at radius 3 is 2.58 bits per heavy atom. The van der Waals surface area contributed by atoms with Crippen molar-refractivity contribution in [3.8, 4) is 0 Å². The molecule has 0 unspecified atom stereocenters. The lowest BCUT2D eigenvalue weighted by molar-refractivity contribution is 0.0693. The topological polar surface area (TPSA) is 37.3 Å². The number of thioether (sulfide) groups is 1. The second-order valence-corrected chi connectivity index (χ2v) is 5.01. The van der Waals surface area contributed by atoms with Gasteiger partial charge in [-0.25, -0.2) is 4.79 Å². The van der Waals surface area contributed by atoms with E-state index in [9.17, 15) is 4.79 Å². The van der Waals surface area contributed by atoms with Gasteiger partial charge in [-0.3, -0.25) is 0 Å². The molecule has 2 aromatic rings. The molecule has 2 rings (SSSR count). The average Bonchev–Trinajstić information content (AvgIpc) is 2.45. The lowest BCUT2D eigenvalue weighted by Gasteiger charge is -2.07. The van der Waals surface area contributed by atoms with Gasteiger partial charge in [-0.1, -0.05) is 49.1 Å². The van der Waals surface area contributed by atoms with Crippen LogP contribution in [0.4, 0.5) is 0 Å². The molecule has 0 aliphatic rings. The summed E-state index contributed by atoms with van der Waals surface area (Å²) in [5.41, 5.74) is 2.59. The second-order valence-electron chi connectivity index (χ2n) is 3.99. The highest BCUT2D eigenvalue weighted by atomic mass is 32.2. The van der Waals surface area contributed by atoms with E-state index < -0.39 is 5.97 Å². The van der Waals surface area contributed by atoms with Gasteiger partial charge in [-0.15, -0.1) is 11.8 Å². The molecule has 0 fully saturated rings. The van der Waals surface area contributed by atoms with Gasteiger partial charge in [0.05, 0.1) is 5.56 Å². The Bertz CT molecular complexity index is 605. The van der Waals surface area contributed by atoms with Crippen molar-refractivity contribution in [2.75, 3.05) is 0 Å². The normalized spacial score (nSPS) is 10.1. The summed E-state index contributed by atoms with van der Waals surface area (Å²) < 4.78 is 0. The first-order valence-corrected chi connectivity index (χ1v) is 6.86. The molecule has 0 bridgehead atoms. The third-order valence-corrected chi connectivity index (χ3v) is 3.90. The third kappa shape index (κ3) is 3.26. The van der Waals surface area contributed by atoms with Crippen LogP contribution in [0, 0.1) is 0 Å². The van der Waals surface area contributed by atoms with Crippen LogP contribution in [0.1, 0.15) is 21.5 Å². The molecule has 19 heavy (non-hydrogen) atoms. The molecule has 3 heteroatoms. The molecule has 2 nitrogen and oxygen atoms in total. The summed E-state index contributed by atoms with van der Waals surface area (Å²) in [6.45, 7) is 3.79. The van der Waals surface area contributed by atoms with E-state index in [1.165, 1.54) is 11.8 Å². The fourth-order valence-electron chi connectivity index (χ4n) is 1.79. The van der Waals surface area contributed by atoms with Crippen LogP contribution in [0.2, 0.25) is 0 Å². The van der Waals surface area contributed by atoms with E-state index in [0.717, 1.165) is 21.8 Å². The van der Waals surface area contributed by atoms with E-state index >= 15 is 0 Å². The van der Waals surface area contributed by atoms with E-state index in [1.807, 2.05) is 42.5 Å². The minimum Gasteiger partial charge on any atom is -0.478 e. The van der Waals surface area contributed by atoms with Crippen LogP contribution < -0.4 is 0 Å². The Labute approximate surface area is 116 Å². The summed E-state index contributed by atoms with van der Waals surface area (Å²) in [5, 5.41) is 9.13. The standard InChI is InChI=1S/C16H14O2S/c1-2-12-7-3-4-8-13(12)11-19-15-10-6-5-9-14(15)16(17)18/h2-10H,1,11H2,(H,17,18). The lowest BCUT2D eigenvalue weighted by Crippen LogP contribution is -1.98. The highest BCUT2D eigenvalue weighted by Crippen LogP contribution is 2.27.